The zero-order valence-electron chi connectivity index (χ0n) is 11.2. The van der Waals surface area contributed by atoms with Crippen LogP contribution in [0.3, 0.4) is 0 Å². The summed E-state index contributed by atoms with van der Waals surface area (Å²) in [5.74, 6) is 0.836. The van der Waals surface area contributed by atoms with Gasteiger partial charge in [-0.2, -0.15) is 0 Å². The molecule has 0 aromatic heterocycles. The lowest BCUT2D eigenvalue weighted by atomic mass is 9.80. The van der Waals surface area contributed by atoms with Crippen molar-refractivity contribution in [2.45, 2.75) is 45.7 Å². The van der Waals surface area contributed by atoms with Gasteiger partial charge in [-0.15, -0.1) is 0 Å². The van der Waals surface area contributed by atoms with E-state index in [0.29, 0.717) is 6.04 Å². The van der Waals surface area contributed by atoms with Gasteiger partial charge in [0.1, 0.15) is 0 Å². The number of benzene rings is 1. The van der Waals surface area contributed by atoms with Crippen molar-refractivity contribution >= 4 is 11.6 Å². The van der Waals surface area contributed by atoms with Gasteiger partial charge in [-0.1, -0.05) is 18.6 Å². The minimum Gasteiger partial charge on any atom is -0.326 e. The van der Waals surface area contributed by atoms with Crippen molar-refractivity contribution in [3.63, 3.8) is 0 Å². The average molecular weight is 246 g/mol. The first-order valence-corrected chi connectivity index (χ1v) is 6.75. The van der Waals surface area contributed by atoms with E-state index in [1.54, 1.807) is 0 Å². The summed E-state index contributed by atoms with van der Waals surface area (Å²) in [7, 11) is 0. The molecule has 1 aromatic carbocycles. The molecule has 2 rings (SSSR count). The summed E-state index contributed by atoms with van der Waals surface area (Å²) < 4.78 is 0. The SMILES string of the molecule is CC(=O)Nc1ccc(CNC(C)C2CCC2)cc1. The lowest BCUT2D eigenvalue weighted by Crippen LogP contribution is -2.36. The summed E-state index contributed by atoms with van der Waals surface area (Å²) in [6.07, 6.45) is 4.13. The molecule has 0 spiro atoms. The third-order valence-electron chi connectivity index (χ3n) is 3.76. The third-order valence-corrected chi connectivity index (χ3v) is 3.76. The van der Waals surface area contributed by atoms with Gasteiger partial charge in [-0.05, 0) is 43.4 Å². The minimum absolute atomic E-state index is 0.0283. The molecular formula is C15H22N2O. The van der Waals surface area contributed by atoms with Crippen molar-refractivity contribution in [1.29, 1.82) is 0 Å². The van der Waals surface area contributed by atoms with Gasteiger partial charge in [0.15, 0.2) is 0 Å². The van der Waals surface area contributed by atoms with Crippen LogP contribution in [-0.4, -0.2) is 11.9 Å². The fraction of sp³-hybridized carbons (Fsp3) is 0.533. The Bertz CT molecular complexity index is 395. The van der Waals surface area contributed by atoms with E-state index in [4.69, 9.17) is 0 Å². The molecule has 1 aliphatic rings. The number of hydrogen-bond donors (Lipinski definition) is 2. The molecule has 1 aromatic rings. The van der Waals surface area contributed by atoms with E-state index in [1.165, 1.54) is 31.7 Å². The highest BCUT2D eigenvalue weighted by molar-refractivity contribution is 5.88. The Morgan fingerprint density at radius 1 is 1.33 bits per heavy atom. The Morgan fingerprint density at radius 3 is 2.50 bits per heavy atom. The largest absolute Gasteiger partial charge is 0.326 e. The lowest BCUT2D eigenvalue weighted by molar-refractivity contribution is -0.114. The van der Waals surface area contributed by atoms with E-state index < -0.39 is 0 Å². The van der Waals surface area contributed by atoms with Crippen LogP contribution >= 0.6 is 0 Å². The number of rotatable bonds is 5. The number of carbonyl (C=O) groups is 1. The standard InChI is InChI=1S/C15H22N2O/c1-11(14-4-3-5-14)16-10-13-6-8-15(9-7-13)17-12(2)18/h6-9,11,14,16H,3-5,10H2,1-2H3,(H,17,18). The summed E-state index contributed by atoms with van der Waals surface area (Å²) in [4.78, 5) is 10.9. The fourth-order valence-electron chi connectivity index (χ4n) is 2.29. The van der Waals surface area contributed by atoms with Crippen molar-refractivity contribution < 1.29 is 4.79 Å². The zero-order chi connectivity index (χ0) is 13.0. The second kappa shape index (κ2) is 6.01. The van der Waals surface area contributed by atoms with Crippen molar-refractivity contribution in [2.75, 3.05) is 5.32 Å². The molecule has 1 saturated carbocycles. The molecule has 98 valence electrons. The normalized spacial score (nSPS) is 17.0. The topological polar surface area (TPSA) is 41.1 Å². The maximum atomic E-state index is 10.9. The minimum atomic E-state index is -0.0283. The predicted molar refractivity (Wildman–Crippen MR) is 74.4 cm³/mol. The molecule has 0 saturated heterocycles. The maximum Gasteiger partial charge on any atom is 0.221 e. The first kappa shape index (κ1) is 13.1. The first-order chi connectivity index (χ1) is 8.65. The van der Waals surface area contributed by atoms with Gasteiger partial charge in [0.05, 0.1) is 0 Å². The summed E-state index contributed by atoms with van der Waals surface area (Å²) in [5.41, 5.74) is 2.12. The molecule has 1 aliphatic carbocycles. The molecule has 3 nitrogen and oxygen atoms in total. The average Bonchev–Trinajstić information content (AvgIpc) is 2.25. The Hall–Kier alpha value is -1.35. The quantitative estimate of drug-likeness (QED) is 0.838. The van der Waals surface area contributed by atoms with Crippen LogP contribution in [-0.2, 0) is 11.3 Å². The molecule has 1 amide bonds. The van der Waals surface area contributed by atoms with Crippen LogP contribution in [0, 0.1) is 5.92 Å². The van der Waals surface area contributed by atoms with Gasteiger partial charge in [0.25, 0.3) is 0 Å². The summed E-state index contributed by atoms with van der Waals surface area (Å²) >= 11 is 0. The molecule has 18 heavy (non-hydrogen) atoms. The molecule has 1 fully saturated rings. The lowest BCUT2D eigenvalue weighted by Gasteiger charge is -2.32. The molecular weight excluding hydrogens is 224 g/mol. The number of hydrogen-bond acceptors (Lipinski definition) is 2. The van der Waals surface area contributed by atoms with Gasteiger partial charge < -0.3 is 10.6 Å². The predicted octanol–water partition coefficient (Wildman–Crippen LogP) is 2.92. The molecule has 2 N–H and O–H groups in total. The van der Waals surface area contributed by atoms with Gasteiger partial charge in [-0.3, -0.25) is 4.79 Å². The van der Waals surface area contributed by atoms with E-state index in [-0.39, 0.29) is 5.91 Å². The van der Waals surface area contributed by atoms with E-state index in [1.807, 2.05) is 12.1 Å². The van der Waals surface area contributed by atoms with E-state index in [0.717, 1.165) is 18.2 Å². The molecule has 1 unspecified atom stereocenters. The Morgan fingerprint density at radius 2 is 2.00 bits per heavy atom. The van der Waals surface area contributed by atoms with Crippen LogP contribution in [0.5, 0.6) is 0 Å². The van der Waals surface area contributed by atoms with Crippen LogP contribution in [0.15, 0.2) is 24.3 Å². The molecule has 0 aliphatic heterocycles. The van der Waals surface area contributed by atoms with E-state index >= 15 is 0 Å². The summed E-state index contributed by atoms with van der Waals surface area (Å²) in [6.45, 7) is 4.70. The van der Waals surface area contributed by atoms with Crippen LogP contribution in [0.2, 0.25) is 0 Å². The Kier molecular flexibility index (Phi) is 4.37. The fourth-order valence-corrected chi connectivity index (χ4v) is 2.29. The Labute approximate surface area is 109 Å². The molecule has 3 heteroatoms. The van der Waals surface area contributed by atoms with Crippen molar-refractivity contribution in [3.8, 4) is 0 Å². The van der Waals surface area contributed by atoms with Crippen LogP contribution in [0.4, 0.5) is 5.69 Å². The highest BCUT2D eigenvalue weighted by Gasteiger charge is 2.23. The second-order valence-electron chi connectivity index (χ2n) is 5.24. The molecule has 0 bridgehead atoms. The zero-order valence-corrected chi connectivity index (χ0v) is 11.2. The molecule has 0 heterocycles. The van der Waals surface area contributed by atoms with Crippen molar-refractivity contribution in [3.05, 3.63) is 29.8 Å². The molecule has 0 radical (unpaired) electrons. The number of carbonyl (C=O) groups excluding carboxylic acids is 1. The summed E-state index contributed by atoms with van der Waals surface area (Å²) in [5, 5.41) is 6.35. The second-order valence-corrected chi connectivity index (χ2v) is 5.24. The van der Waals surface area contributed by atoms with Gasteiger partial charge in [0, 0.05) is 25.2 Å². The molecule has 1 atom stereocenters. The highest BCUT2D eigenvalue weighted by Crippen LogP contribution is 2.29. The van der Waals surface area contributed by atoms with Crippen LogP contribution < -0.4 is 10.6 Å². The van der Waals surface area contributed by atoms with Crippen molar-refractivity contribution in [1.82, 2.24) is 5.32 Å². The highest BCUT2D eigenvalue weighted by atomic mass is 16.1. The first-order valence-electron chi connectivity index (χ1n) is 6.75. The Balaban J connectivity index is 1.80. The number of anilines is 1. The smallest absolute Gasteiger partial charge is 0.221 e. The monoisotopic (exact) mass is 246 g/mol. The van der Waals surface area contributed by atoms with Gasteiger partial charge in [-0.25, -0.2) is 0 Å². The van der Waals surface area contributed by atoms with Crippen LogP contribution in [0.25, 0.3) is 0 Å². The van der Waals surface area contributed by atoms with Crippen LogP contribution in [0.1, 0.15) is 38.7 Å². The van der Waals surface area contributed by atoms with E-state index in [9.17, 15) is 4.79 Å². The van der Waals surface area contributed by atoms with E-state index in [2.05, 4.69) is 29.7 Å². The van der Waals surface area contributed by atoms with Gasteiger partial charge >= 0.3 is 0 Å². The van der Waals surface area contributed by atoms with Gasteiger partial charge in [0.2, 0.25) is 5.91 Å². The number of nitrogens with one attached hydrogen (secondary N) is 2. The maximum absolute atomic E-state index is 10.9. The summed E-state index contributed by atoms with van der Waals surface area (Å²) in [6, 6.07) is 8.63. The van der Waals surface area contributed by atoms with Crippen molar-refractivity contribution in [2.24, 2.45) is 5.92 Å². The number of amides is 1. The third kappa shape index (κ3) is 3.57.